The van der Waals surface area contributed by atoms with Crippen LogP contribution in [0.3, 0.4) is 0 Å². The fourth-order valence-electron chi connectivity index (χ4n) is 3.10. The molecule has 2 aromatic rings. The number of piperidine rings is 1. The first-order valence-corrected chi connectivity index (χ1v) is 7.69. The van der Waals surface area contributed by atoms with Crippen LogP contribution < -0.4 is 0 Å². The zero-order chi connectivity index (χ0) is 15.5. The quantitative estimate of drug-likeness (QED) is 0.942. The summed E-state index contributed by atoms with van der Waals surface area (Å²) in [6.45, 7) is 4.37. The van der Waals surface area contributed by atoms with Crippen molar-refractivity contribution in [2.45, 2.75) is 26.3 Å². The van der Waals surface area contributed by atoms with Crippen LogP contribution in [-0.2, 0) is 11.3 Å². The molecule has 1 aromatic carbocycles. The van der Waals surface area contributed by atoms with Gasteiger partial charge in [-0.3, -0.25) is 9.69 Å². The summed E-state index contributed by atoms with van der Waals surface area (Å²) in [6, 6.07) is 10.2. The minimum Gasteiger partial charge on any atom is -0.481 e. The van der Waals surface area contributed by atoms with E-state index in [-0.39, 0.29) is 5.92 Å². The second-order valence-electron chi connectivity index (χ2n) is 5.93. The van der Waals surface area contributed by atoms with Gasteiger partial charge in [-0.15, -0.1) is 0 Å². The third-order valence-corrected chi connectivity index (χ3v) is 4.31. The van der Waals surface area contributed by atoms with Gasteiger partial charge in [0.05, 0.1) is 17.3 Å². The Bertz CT molecular complexity index is 665. The fraction of sp³-hybridized carbons (Fsp3) is 0.412. The van der Waals surface area contributed by atoms with Crippen LogP contribution in [0.15, 0.2) is 36.5 Å². The van der Waals surface area contributed by atoms with Gasteiger partial charge >= 0.3 is 5.97 Å². The van der Waals surface area contributed by atoms with E-state index >= 15 is 0 Å². The Balaban J connectivity index is 1.78. The summed E-state index contributed by atoms with van der Waals surface area (Å²) in [5.74, 6) is -0.930. The maximum absolute atomic E-state index is 11.2. The van der Waals surface area contributed by atoms with Crippen molar-refractivity contribution in [2.75, 3.05) is 13.1 Å². The van der Waals surface area contributed by atoms with Crippen LogP contribution in [0.4, 0.5) is 0 Å². The molecule has 1 aromatic heterocycles. The van der Waals surface area contributed by atoms with E-state index in [1.165, 1.54) is 5.56 Å². The first-order chi connectivity index (χ1) is 10.6. The molecule has 1 aliphatic heterocycles. The first-order valence-electron chi connectivity index (χ1n) is 7.69. The Hall–Kier alpha value is -2.14. The molecule has 1 unspecified atom stereocenters. The molecule has 2 heterocycles. The SMILES string of the molecule is Cc1ccccc1-n1nccc1CN1CCCC(C(=O)O)C1. The average molecular weight is 299 g/mol. The number of aliphatic carboxylic acids is 1. The molecule has 22 heavy (non-hydrogen) atoms. The summed E-state index contributed by atoms with van der Waals surface area (Å²) in [5, 5.41) is 13.6. The lowest BCUT2D eigenvalue weighted by molar-refractivity contribution is -0.143. The molecular formula is C17H21N3O2. The molecule has 0 radical (unpaired) electrons. The molecular weight excluding hydrogens is 278 g/mol. The van der Waals surface area contributed by atoms with Gasteiger partial charge < -0.3 is 5.11 Å². The van der Waals surface area contributed by atoms with E-state index in [4.69, 9.17) is 0 Å². The van der Waals surface area contributed by atoms with Crippen molar-refractivity contribution in [3.05, 3.63) is 47.8 Å². The molecule has 1 aliphatic rings. The molecule has 0 spiro atoms. The molecule has 0 aliphatic carbocycles. The van der Waals surface area contributed by atoms with E-state index in [0.717, 1.165) is 37.3 Å². The molecule has 0 amide bonds. The van der Waals surface area contributed by atoms with E-state index in [0.29, 0.717) is 6.54 Å². The second-order valence-corrected chi connectivity index (χ2v) is 5.93. The number of hydrogen-bond acceptors (Lipinski definition) is 3. The van der Waals surface area contributed by atoms with Gasteiger partial charge in [-0.05, 0) is 44.0 Å². The summed E-state index contributed by atoms with van der Waals surface area (Å²) in [5.41, 5.74) is 3.35. The predicted octanol–water partition coefficient (Wildman–Crippen LogP) is 2.48. The van der Waals surface area contributed by atoms with Crippen LogP contribution >= 0.6 is 0 Å². The highest BCUT2D eigenvalue weighted by Gasteiger charge is 2.25. The largest absolute Gasteiger partial charge is 0.481 e. The van der Waals surface area contributed by atoms with Gasteiger partial charge in [-0.25, -0.2) is 4.68 Å². The van der Waals surface area contributed by atoms with Crippen LogP contribution in [0, 0.1) is 12.8 Å². The van der Waals surface area contributed by atoms with Crippen molar-refractivity contribution in [3.63, 3.8) is 0 Å². The van der Waals surface area contributed by atoms with Crippen molar-refractivity contribution in [1.82, 2.24) is 14.7 Å². The molecule has 1 N–H and O–H groups in total. The van der Waals surface area contributed by atoms with Crippen LogP contribution in [0.1, 0.15) is 24.1 Å². The number of carboxylic acids is 1. The third kappa shape index (κ3) is 3.04. The first kappa shape index (κ1) is 14.8. The standard InChI is InChI=1S/C17H21N3O2/c1-13-5-2-3-7-16(13)20-15(8-9-18-20)12-19-10-4-6-14(11-19)17(21)22/h2-3,5,7-9,14H,4,6,10-12H2,1H3,(H,21,22). The highest BCUT2D eigenvalue weighted by Crippen LogP contribution is 2.21. The molecule has 3 rings (SSSR count). The number of rotatable bonds is 4. The Morgan fingerprint density at radius 1 is 1.36 bits per heavy atom. The van der Waals surface area contributed by atoms with Gasteiger partial charge in [-0.1, -0.05) is 18.2 Å². The maximum atomic E-state index is 11.2. The molecule has 0 bridgehead atoms. The number of likely N-dealkylation sites (tertiary alicyclic amines) is 1. The number of carboxylic acid groups (broad SMARTS) is 1. The van der Waals surface area contributed by atoms with Gasteiger partial charge in [-0.2, -0.15) is 5.10 Å². The summed E-state index contributed by atoms with van der Waals surface area (Å²) < 4.78 is 1.96. The van der Waals surface area contributed by atoms with E-state index in [2.05, 4.69) is 29.1 Å². The van der Waals surface area contributed by atoms with Gasteiger partial charge in [0, 0.05) is 19.3 Å². The van der Waals surface area contributed by atoms with Gasteiger partial charge in [0.25, 0.3) is 0 Å². The number of nitrogens with zero attached hydrogens (tertiary/aromatic N) is 3. The monoisotopic (exact) mass is 299 g/mol. The smallest absolute Gasteiger partial charge is 0.307 e. The minimum atomic E-state index is -0.683. The molecule has 1 saturated heterocycles. The van der Waals surface area contributed by atoms with Gasteiger partial charge in [0.15, 0.2) is 0 Å². The number of aromatic nitrogens is 2. The molecule has 116 valence electrons. The van der Waals surface area contributed by atoms with E-state index in [9.17, 15) is 9.90 Å². The summed E-state index contributed by atoms with van der Waals surface area (Å²) in [4.78, 5) is 13.4. The van der Waals surface area contributed by atoms with Crippen molar-refractivity contribution in [1.29, 1.82) is 0 Å². The van der Waals surface area contributed by atoms with Crippen LogP contribution in [0.25, 0.3) is 5.69 Å². The fourth-order valence-corrected chi connectivity index (χ4v) is 3.10. The maximum Gasteiger partial charge on any atom is 0.307 e. The molecule has 1 atom stereocenters. The van der Waals surface area contributed by atoms with E-state index < -0.39 is 5.97 Å². The normalized spacial score (nSPS) is 19.2. The second kappa shape index (κ2) is 6.32. The van der Waals surface area contributed by atoms with Crippen LogP contribution in [0.5, 0.6) is 0 Å². The summed E-state index contributed by atoms with van der Waals surface area (Å²) >= 11 is 0. The summed E-state index contributed by atoms with van der Waals surface area (Å²) in [6.07, 6.45) is 3.53. The Morgan fingerprint density at radius 2 is 2.18 bits per heavy atom. The number of benzene rings is 1. The third-order valence-electron chi connectivity index (χ3n) is 4.31. The van der Waals surface area contributed by atoms with Crippen molar-refractivity contribution < 1.29 is 9.90 Å². The zero-order valence-electron chi connectivity index (χ0n) is 12.8. The van der Waals surface area contributed by atoms with Gasteiger partial charge in [0.1, 0.15) is 0 Å². The number of aryl methyl sites for hydroxylation is 1. The highest BCUT2D eigenvalue weighted by atomic mass is 16.4. The lowest BCUT2D eigenvalue weighted by Gasteiger charge is -2.30. The highest BCUT2D eigenvalue weighted by molar-refractivity contribution is 5.70. The predicted molar refractivity (Wildman–Crippen MR) is 83.9 cm³/mol. The topological polar surface area (TPSA) is 58.4 Å². The van der Waals surface area contributed by atoms with Crippen molar-refractivity contribution in [2.24, 2.45) is 5.92 Å². The lowest BCUT2D eigenvalue weighted by atomic mass is 9.98. The Kier molecular flexibility index (Phi) is 4.24. The van der Waals surface area contributed by atoms with Crippen molar-refractivity contribution >= 4 is 5.97 Å². The average Bonchev–Trinajstić information content (AvgIpc) is 2.96. The molecule has 0 saturated carbocycles. The van der Waals surface area contributed by atoms with Crippen LogP contribution in [0.2, 0.25) is 0 Å². The molecule has 1 fully saturated rings. The lowest BCUT2D eigenvalue weighted by Crippen LogP contribution is -2.38. The summed E-state index contributed by atoms with van der Waals surface area (Å²) in [7, 11) is 0. The van der Waals surface area contributed by atoms with Gasteiger partial charge in [0.2, 0.25) is 0 Å². The Labute approximate surface area is 130 Å². The van der Waals surface area contributed by atoms with E-state index in [1.807, 2.05) is 22.9 Å². The van der Waals surface area contributed by atoms with Crippen molar-refractivity contribution in [3.8, 4) is 5.69 Å². The number of para-hydroxylation sites is 1. The number of hydrogen-bond donors (Lipinski definition) is 1. The van der Waals surface area contributed by atoms with Crippen LogP contribution in [-0.4, -0.2) is 38.8 Å². The minimum absolute atomic E-state index is 0.247. The zero-order valence-corrected chi connectivity index (χ0v) is 12.8. The molecule has 5 nitrogen and oxygen atoms in total. The number of carbonyl (C=O) groups is 1. The molecule has 5 heteroatoms. The van der Waals surface area contributed by atoms with E-state index in [1.54, 1.807) is 6.20 Å². The Morgan fingerprint density at radius 3 is 2.95 bits per heavy atom.